The van der Waals surface area contributed by atoms with Gasteiger partial charge in [-0.1, -0.05) is 6.07 Å². The zero-order valence-electron chi connectivity index (χ0n) is 11.0. The van der Waals surface area contributed by atoms with Crippen molar-refractivity contribution >= 4 is 11.6 Å². The summed E-state index contributed by atoms with van der Waals surface area (Å²) in [7, 11) is 0. The zero-order valence-corrected chi connectivity index (χ0v) is 11.0. The van der Waals surface area contributed by atoms with E-state index in [0.29, 0.717) is 19.5 Å². The van der Waals surface area contributed by atoms with E-state index in [2.05, 4.69) is 0 Å². The molecule has 2 atom stereocenters. The van der Waals surface area contributed by atoms with Gasteiger partial charge in [-0.15, -0.1) is 0 Å². The number of carbonyl (C=O) groups is 1. The molecule has 0 aliphatic carbocycles. The fraction of sp³-hybridized carbons (Fsp3) is 0.462. The van der Waals surface area contributed by atoms with Crippen molar-refractivity contribution in [2.75, 3.05) is 13.1 Å². The summed E-state index contributed by atoms with van der Waals surface area (Å²) in [5, 5.41) is 30.1. The second-order valence-corrected chi connectivity index (χ2v) is 4.97. The summed E-state index contributed by atoms with van der Waals surface area (Å²) >= 11 is 0. The molecule has 1 amide bonds. The van der Waals surface area contributed by atoms with Gasteiger partial charge in [0.25, 0.3) is 5.91 Å². The van der Waals surface area contributed by atoms with Crippen LogP contribution in [0.25, 0.3) is 0 Å². The summed E-state index contributed by atoms with van der Waals surface area (Å²) in [5.74, 6) is -1.06. The van der Waals surface area contributed by atoms with Gasteiger partial charge < -0.3 is 15.1 Å². The summed E-state index contributed by atoms with van der Waals surface area (Å²) in [4.78, 5) is 23.8. The summed E-state index contributed by atoms with van der Waals surface area (Å²) in [6.45, 7) is 2.53. The summed E-state index contributed by atoms with van der Waals surface area (Å²) in [5.41, 5.74) is -0.562. The Morgan fingerprint density at radius 3 is 2.80 bits per heavy atom. The minimum atomic E-state index is -0.727. The maximum absolute atomic E-state index is 12.3. The number of hydrogen-bond donors (Lipinski definition) is 2. The molecule has 0 bridgehead atoms. The Kier molecular flexibility index (Phi) is 3.89. The Bertz CT molecular complexity index is 544. The number of likely N-dealkylation sites (tertiary alicyclic amines) is 1. The Morgan fingerprint density at radius 1 is 1.55 bits per heavy atom. The third kappa shape index (κ3) is 2.57. The Labute approximate surface area is 115 Å². The van der Waals surface area contributed by atoms with Gasteiger partial charge in [0.1, 0.15) is 0 Å². The highest BCUT2D eigenvalue weighted by atomic mass is 16.6. The van der Waals surface area contributed by atoms with Crippen LogP contribution in [0, 0.1) is 16.0 Å². The molecule has 0 aromatic heterocycles. The quantitative estimate of drug-likeness (QED) is 0.638. The Hall–Kier alpha value is -2.15. The Morgan fingerprint density at radius 2 is 2.25 bits per heavy atom. The van der Waals surface area contributed by atoms with Crippen LogP contribution in [0.2, 0.25) is 0 Å². The number of phenols is 1. The van der Waals surface area contributed by atoms with E-state index in [1.165, 1.54) is 17.0 Å². The number of aliphatic hydroxyl groups is 1. The predicted molar refractivity (Wildman–Crippen MR) is 70.5 cm³/mol. The minimum Gasteiger partial charge on any atom is -0.502 e. The van der Waals surface area contributed by atoms with Gasteiger partial charge in [-0.25, -0.2) is 0 Å². The molecule has 2 unspecified atom stereocenters. The van der Waals surface area contributed by atoms with Crippen molar-refractivity contribution in [3.8, 4) is 5.75 Å². The number of benzene rings is 1. The van der Waals surface area contributed by atoms with E-state index in [1.807, 2.05) is 0 Å². The number of rotatable bonds is 3. The molecule has 20 heavy (non-hydrogen) atoms. The van der Waals surface area contributed by atoms with Crippen LogP contribution in [0.1, 0.15) is 23.7 Å². The van der Waals surface area contributed by atoms with E-state index < -0.39 is 28.4 Å². The van der Waals surface area contributed by atoms with Gasteiger partial charge in [0.05, 0.1) is 16.6 Å². The molecule has 1 heterocycles. The number of amides is 1. The fourth-order valence-electron chi connectivity index (χ4n) is 2.39. The second kappa shape index (κ2) is 5.46. The molecule has 1 aliphatic rings. The van der Waals surface area contributed by atoms with Gasteiger partial charge in [0, 0.05) is 25.1 Å². The molecule has 0 spiro atoms. The first kappa shape index (κ1) is 14.3. The van der Waals surface area contributed by atoms with E-state index in [-0.39, 0.29) is 11.5 Å². The first-order chi connectivity index (χ1) is 9.41. The van der Waals surface area contributed by atoms with Crippen LogP contribution in [0.15, 0.2) is 18.2 Å². The maximum atomic E-state index is 12.3. The molecular formula is C13H16N2O5. The molecule has 7 heteroatoms. The maximum Gasteiger partial charge on any atom is 0.311 e. The van der Waals surface area contributed by atoms with E-state index in [9.17, 15) is 25.1 Å². The van der Waals surface area contributed by atoms with Crippen LogP contribution >= 0.6 is 0 Å². The fourth-order valence-corrected chi connectivity index (χ4v) is 2.39. The van der Waals surface area contributed by atoms with Gasteiger partial charge in [-0.2, -0.15) is 0 Å². The highest BCUT2D eigenvalue weighted by Crippen LogP contribution is 2.31. The number of para-hydroxylation sites is 1. The number of carbonyl (C=O) groups excluding carboxylic acids is 1. The monoisotopic (exact) mass is 280 g/mol. The standard InChI is InChI=1S/C13H16N2O5/c1-8(16)9-5-6-14(7-9)13(18)10-3-2-4-11(12(10)17)15(19)20/h2-4,8-9,16-17H,5-7H2,1H3. The van der Waals surface area contributed by atoms with Crippen molar-refractivity contribution in [2.45, 2.75) is 19.4 Å². The van der Waals surface area contributed by atoms with Crippen LogP contribution in [0.3, 0.4) is 0 Å². The summed E-state index contributed by atoms with van der Waals surface area (Å²) < 4.78 is 0. The van der Waals surface area contributed by atoms with E-state index >= 15 is 0 Å². The topological polar surface area (TPSA) is 104 Å². The molecule has 0 radical (unpaired) electrons. The van der Waals surface area contributed by atoms with Crippen molar-refractivity contribution in [3.05, 3.63) is 33.9 Å². The lowest BCUT2D eigenvalue weighted by molar-refractivity contribution is -0.385. The largest absolute Gasteiger partial charge is 0.502 e. The first-order valence-corrected chi connectivity index (χ1v) is 6.35. The number of aliphatic hydroxyl groups excluding tert-OH is 1. The lowest BCUT2D eigenvalue weighted by atomic mass is 10.0. The smallest absolute Gasteiger partial charge is 0.311 e. The highest BCUT2D eigenvalue weighted by molar-refractivity contribution is 5.98. The van der Waals surface area contributed by atoms with Crippen molar-refractivity contribution in [1.29, 1.82) is 0 Å². The van der Waals surface area contributed by atoms with Crippen molar-refractivity contribution in [2.24, 2.45) is 5.92 Å². The number of nitro groups is 1. The minimum absolute atomic E-state index is 0.000194. The second-order valence-electron chi connectivity index (χ2n) is 4.97. The average molecular weight is 280 g/mol. The first-order valence-electron chi connectivity index (χ1n) is 6.35. The third-order valence-corrected chi connectivity index (χ3v) is 3.64. The Balaban J connectivity index is 2.23. The SMILES string of the molecule is CC(O)C1CCN(C(=O)c2cccc([N+](=O)[O-])c2O)C1. The predicted octanol–water partition coefficient (Wildman–Crippen LogP) is 1.14. The lowest BCUT2D eigenvalue weighted by Crippen LogP contribution is -2.30. The summed E-state index contributed by atoms with van der Waals surface area (Å²) in [6.07, 6.45) is 0.172. The van der Waals surface area contributed by atoms with Gasteiger partial charge >= 0.3 is 5.69 Å². The third-order valence-electron chi connectivity index (χ3n) is 3.64. The molecule has 1 fully saturated rings. The number of aromatic hydroxyl groups is 1. The number of hydrogen-bond acceptors (Lipinski definition) is 5. The van der Waals surface area contributed by atoms with Gasteiger partial charge in [-0.05, 0) is 19.4 Å². The normalized spacial score (nSPS) is 19.9. The van der Waals surface area contributed by atoms with Crippen LogP contribution < -0.4 is 0 Å². The van der Waals surface area contributed by atoms with Crippen LogP contribution in [-0.2, 0) is 0 Å². The molecular weight excluding hydrogens is 264 g/mol. The van der Waals surface area contributed by atoms with Gasteiger partial charge in [0.15, 0.2) is 0 Å². The van der Waals surface area contributed by atoms with Crippen molar-refractivity contribution < 1.29 is 19.9 Å². The highest BCUT2D eigenvalue weighted by Gasteiger charge is 2.32. The van der Waals surface area contributed by atoms with Crippen molar-refractivity contribution in [3.63, 3.8) is 0 Å². The molecule has 2 rings (SSSR count). The summed E-state index contributed by atoms with van der Waals surface area (Å²) in [6, 6.07) is 3.88. The molecule has 1 aromatic rings. The van der Waals surface area contributed by atoms with Crippen LogP contribution in [0.4, 0.5) is 5.69 Å². The lowest BCUT2D eigenvalue weighted by Gasteiger charge is -2.18. The van der Waals surface area contributed by atoms with Gasteiger partial charge in [0.2, 0.25) is 5.75 Å². The molecule has 1 aliphatic heterocycles. The van der Waals surface area contributed by atoms with Crippen molar-refractivity contribution in [1.82, 2.24) is 4.90 Å². The molecule has 1 saturated heterocycles. The van der Waals surface area contributed by atoms with E-state index in [1.54, 1.807) is 6.92 Å². The van der Waals surface area contributed by atoms with Crippen LogP contribution in [0.5, 0.6) is 5.75 Å². The average Bonchev–Trinajstić information content (AvgIpc) is 2.87. The molecule has 108 valence electrons. The molecule has 2 N–H and O–H groups in total. The molecule has 7 nitrogen and oxygen atoms in total. The number of nitro benzene ring substituents is 1. The molecule has 1 aromatic carbocycles. The van der Waals surface area contributed by atoms with E-state index in [0.717, 1.165) is 6.07 Å². The zero-order chi connectivity index (χ0) is 14.9. The van der Waals surface area contributed by atoms with Gasteiger partial charge in [-0.3, -0.25) is 14.9 Å². The number of nitrogens with zero attached hydrogens (tertiary/aromatic N) is 2. The molecule has 0 saturated carbocycles. The van der Waals surface area contributed by atoms with Crippen LogP contribution in [-0.4, -0.2) is 45.1 Å². The number of phenolic OH excluding ortho intramolecular Hbond substituents is 1. The van der Waals surface area contributed by atoms with E-state index in [4.69, 9.17) is 0 Å².